The first kappa shape index (κ1) is 15.8. The summed E-state index contributed by atoms with van der Waals surface area (Å²) in [6, 6.07) is 18.8. The Labute approximate surface area is 157 Å². The fourth-order valence-electron chi connectivity index (χ4n) is 3.76. The van der Waals surface area contributed by atoms with Gasteiger partial charge in [0.2, 0.25) is 5.71 Å². The van der Waals surface area contributed by atoms with Crippen LogP contribution in [-0.4, -0.2) is 9.55 Å². The topological polar surface area (TPSA) is 34.8 Å². The molecule has 4 heteroatoms. The molecule has 27 heavy (non-hydrogen) atoms. The Morgan fingerprint density at radius 3 is 2.48 bits per heavy atom. The molecule has 0 radical (unpaired) electrons. The van der Waals surface area contributed by atoms with Crippen LogP contribution in [0.15, 0.2) is 71.4 Å². The van der Waals surface area contributed by atoms with E-state index in [0.717, 1.165) is 44.8 Å². The quantitative estimate of drug-likeness (QED) is 0.419. The fourth-order valence-corrected chi connectivity index (χ4v) is 3.76. The highest BCUT2D eigenvalue weighted by molar-refractivity contribution is 6.06. The summed E-state index contributed by atoms with van der Waals surface area (Å²) < 4.78 is 10.6. The number of para-hydroxylation sites is 1. The lowest BCUT2D eigenvalue weighted by Gasteiger charge is -2.05. The summed E-state index contributed by atoms with van der Waals surface area (Å²) in [5, 5.41) is 2.15. The predicted molar refractivity (Wildman–Crippen MR) is 107 cm³/mol. The molecule has 4 nitrogen and oxygen atoms in total. The first-order chi connectivity index (χ1) is 13.1. The van der Waals surface area contributed by atoms with Crippen molar-refractivity contribution in [3.8, 4) is 11.4 Å². The van der Waals surface area contributed by atoms with Gasteiger partial charge in [0.25, 0.3) is 5.82 Å². The summed E-state index contributed by atoms with van der Waals surface area (Å²) >= 11 is 0. The lowest BCUT2D eigenvalue weighted by Crippen LogP contribution is -2.33. The van der Waals surface area contributed by atoms with Gasteiger partial charge in [-0.2, -0.15) is 9.13 Å². The third kappa shape index (κ3) is 2.37. The van der Waals surface area contributed by atoms with Gasteiger partial charge in [-0.15, -0.1) is 0 Å². The first-order valence-corrected chi connectivity index (χ1v) is 9.08. The van der Waals surface area contributed by atoms with Crippen LogP contribution in [0.1, 0.15) is 17.1 Å². The summed E-state index contributed by atoms with van der Waals surface area (Å²) in [4.78, 5) is 4.57. The van der Waals surface area contributed by atoms with E-state index < -0.39 is 0 Å². The van der Waals surface area contributed by atoms with Crippen LogP contribution in [0.3, 0.4) is 0 Å². The van der Waals surface area contributed by atoms with Gasteiger partial charge in [-0.3, -0.25) is 0 Å². The van der Waals surface area contributed by atoms with Crippen LogP contribution in [0.5, 0.6) is 0 Å². The summed E-state index contributed by atoms with van der Waals surface area (Å²) in [5.74, 6) is 1.11. The van der Waals surface area contributed by atoms with E-state index in [1.807, 2.05) is 19.1 Å². The fraction of sp³-hybridized carbons (Fsp3) is 0.130. The van der Waals surface area contributed by atoms with Gasteiger partial charge in [0.1, 0.15) is 18.1 Å². The number of nitrogens with zero attached hydrogens (tertiary/aromatic N) is 3. The Bertz CT molecular complexity index is 1300. The van der Waals surface area contributed by atoms with Crippen molar-refractivity contribution in [1.29, 1.82) is 0 Å². The Balaban J connectivity index is 1.80. The van der Waals surface area contributed by atoms with Crippen molar-refractivity contribution in [3.05, 3.63) is 84.1 Å². The minimum atomic E-state index is 0.692. The zero-order valence-electron chi connectivity index (χ0n) is 15.6. The summed E-state index contributed by atoms with van der Waals surface area (Å²) in [5.41, 5.74) is 5.89. The highest BCUT2D eigenvalue weighted by Gasteiger charge is 2.23. The zero-order chi connectivity index (χ0) is 18.5. The molecule has 132 valence electrons. The number of benzene rings is 2. The molecule has 5 rings (SSSR count). The number of fused-ring (bicyclic) bond motifs is 3. The average Bonchev–Trinajstić information content (AvgIpc) is 3.22. The highest BCUT2D eigenvalue weighted by Crippen LogP contribution is 2.32. The van der Waals surface area contributed by atoms with Crippen LogP contribution in [0.4, 0.5) is 0 Å². The lowest BCUT2D eigenvalue weighted by molar-refractivity contribution is -0.601. The van der Waals surface area contributed by atoms with Crippen molar-refractivity contribution in [2.45, 2.75) is 20.8 Å². The average molecular weight is 354 g/mol. The van der Waals surface area contributed by atoms with Crippen LogP contribution in [0.25, 0.3) is 33.4 Å². The van der Waals surface area contributed by atoms with Gasteiger partial charge in [0.05, 0.1) is 0 Å². The third-order valence-corrected chi connectivity index (χ3v) is 5.16. The van der Waals surface area contributed by atoms with E-state index in [1.165, 1.54) is 0 Å². The number of rotatable bonds is 2. The molecule has 0 atom stereocenters. The van der Waals surface area contributed by atoms with Gasteiger partial charge >= 0.3 is 0 Å². The molecule has 0 amide bonds. The van der Waals surface area contributed by atoms with E-state index in [4.69, 9.17) is 4.42 Å². The smallest absolute Gasteiger partial charge is 0.263 e. The molecule has 0 bridgehead atoms. The molecule has 0 unspecified atom stereocenters. The number of pyridine rings is 1. The summed E-state index contributed by atoms with van der Waals surface area (Å²) in [6.45, 7) is 6.22. The Hall–Kier alpha value is -3.40. The molecule has 0 aliphatic carbocycles. The molecular formula is C23H20N3O+. The molecule has 0 saturated carbocycles. The van der Waals surface area contributed by atoms with Crippen molar-refractivity contribution in [1.82, 2.24) is 9.55 Å². The van der Waals surface area contributed by atoms with E-state index in [2.05, 4.69) is 82.8 Å². The van der Waals surface area contributed by atoms with Crippen LogP contribution >= 0.6 is 0 Å². The molecule has 2 aromatic carbocycles. The van der Waals surface area contributed by atoms with Crippen molar-refractivity contribution in [2.24, 2.45) is 0 Å². The predicted octanol–water partition coefficient (Wildman–Crippen LogP) is 4.97. The van der Waals surface area contributed by atoms with Crippen LogP contribution < -0.4 is 4.57 Å². The highest BCUT2D eigenvalue weighted by atomic mass is 16.3. The number of imidazole rings is 1. The van der Waals surface area contributed by atoms with Crippen molar-refractivity contribution >= 4 is 22.1 Å². The number of hydrogen-bond donors (Lipinski definition) is 0. The standard InChI is InChI=1S/C23H20N3O/c1-15-9-11-19-20-12-10-16(2)24-23(20)27-22(19)21(15)26-14-13-25(17(26)3)18-7-5-4-6-8-18/h4-14H,1-3H3/q+1. The second-order valence-corrected chi connectivity index (χ2v) is 6.94. The molecule has 0 aliphatic rings. The normalized spacial score (nSPS) is 11.5. The summed E-state index contributed by atoms with van der Waals surface area (Å²) in [6.07, 6.45) is 4.18. The van der Waals surface area contributed by atoms with Crippen LogP contribution in [0.2, 0.25) is 0 Å². The lowest BCUT2D eigenvalue weighted by atomic mass is 10.1. The number of aryl methyl sites for hydroxylation is 2. The second-order valence-electron chi connectivity index (χ2n) is 6.94. The van der Waals surface area contributed by atoms with Crippen molar-refractivity contribution in [2.75, 3.05) is 0 Å². The number of aromatic nitrogens is 3. The molecule has 0 fully saturated rings. The molecule has 0 aliphatic heterocycles. The maximum absolute atomic E-state index is 6.23. The molecule has 0 spiro atoms. The maximum Gasteiger partial charge on any atom is 0.263 e. The first-order valence-electron chi connectivity index (χ1n) is 9.08. The zero-order valence-corrected chi connectivity index (χ0v) is 15.6. The Morgan fingerprint density at radius 1 is 0.889 bits per heavy atom. The van der Waals surface area contributed by atoms with Gasteiger partial charge in [0, 0.05) is 29.0 Å². The SMILES string of the molecule is Cc1ccc2c(n1)oc1c(-[n+]3ccn(-c4ccccc4)c3C)c(C)ccc12. The second kappa shape index (κ2) is 5.81. The van der Waals surface area contributed by atoms with Gasteiger partial charge < -0.3 is 4.42 Å². The maximum atomic E-state index is 6.23. The van der Waals surface area contributed by atoms with Gasteiger partial charge in [-0.25, -0.2) is 4.98 Å². The van der Waals surface area contributed by atoms with Gasteiger partial charge in [-0.1, -0.05) is 24.3 Å². The largest absolute Gasteiger partial charge is 0.433 e. The minimum absolute atomic E-state index is 0.692. The number of furan rings is 1. The molecule has 3 heterocycles. The van der Waals surface area contributed by atoms with Crippen molar-refractivity contribution in [3.63, 3.8) is 0 Å². The van der Waals surface area contributed by atoms with Gasteiger partial charge in [0.15, 0.2) is 11.3 Å². The van der Waals surface area contributed by atoms with E-state index in [9.17, 15) is 0 Å². The van der Waals surface area contributed by atoms with E-state index in [0.29, 0.717) is 5.71 Å². The van der Waals surface area contributed by atoms with Crippen LogP contribution in [0, 0.1) is 20.8 Å². The minimum Gasteiger partial charge on any atom is -0.433 e. The molecule has 0 N–H and O–H groups in total. The third-order valence-electron chi connectivity index (χ3n) is 5.16. The number of hydrogen-bond acceptors (Lipinski definition) is 2. The summed E-state index contributed by atoms with van der Waals surface area (Å²) in [7, 11) is 0. The molecule has 5 aromatic rings. The van der Waals surface area contributed by atoms with E-state index in [1.54, 1.807) is 0 Å². The Kier molecular flexibility index (Phi) is 3.41. The van der Waals surface area contributed by atoms with Crippen molar-refractivity contribution < 1.29 is 8.98 Å². The van der Waals surface area contributed by atoms with E-state index >= 15 is 0 Å². The van der Waals surface area contributed by atoms with E-state index in [-0.39, 0.29) is 0 Å². The molecular weight excluding hydrogens is 334 g/mol. The van der Waals surface area contributed by atoms with Crippen LogP contribution in [-0.2, 0) is 0 Å². The monoisotopic (exact) mass is 354 g/mol. The van der Waals surface area contributed by atoms with Gasteiger partial charge in [-0.05, 0) is 44.2 Å². The molecule has 0 saturated heterocycles. The Morgan fingerprint density at radius 2 is 1.67 bits per heavy atom. The molecule has 3 aromatic heterocycles.